The number of carbonyl (C=O) groups excluding carboxylic acids is 1. The van der Waals surface area contributed by atoms with Crippen molar-refractivity contribution >= 4 is 29.7 Å². The fourth-order valence-electron chi connectivity index (χ4n) is 6.86. The maximum absolute atomic E-state index is 13.2. The second-order valence-electron chi connectivity index (χ2n) is 11.6. The first-order chi connectivity index (χ1) is 18.4. The van der Waals surface area contributed by atoms with Crippen LogP contribution in [0.1, 0.15) is 56.1 Å². The fraction of sp³-hybridized carbons (Fsp3) is 0.621. The van der Waals surface area contributed by atoms with E-state index in [-0.39, 0.29) is 17.0 Å². The van der Waals surface area contributed by atoms with Crippen LogP contribution < -0.4 is 5.32 Å². The van der Waals surface area contributed by atoms with Crippen molar-refractivity contribution in [2.45, 2.75) is 61.0 Å². The van der Waals surface area contributed by atoms with E-state index in [0.717, 1.165) is 61.9 Å². The van der Waals surface area contributed by atoms with Crippen molar-refractivity contribution in [3.63, 3.8) is 0 Å². The number of hydrogen-bond acceptors (Lipinski definition) is 7. The third-order valence-corrected chi connectivity index (χ3v) is 10.0. The normalized spacial score (nSPS) is 27.0. The largest absolute Gasteiger partial charge is 0.308 e. The number of nitrogens with zero attached hydrogens (tertiary/aromatic N) is 5. The van der Waals surface area contributed by atoms with E-state index in [1.165, 1.54) is 24.8 Å². The molecule has 0 unspecified atom stereocenters. The molecule has 1 amide bonds. The van der Waals surface area contributed by atoms with Crippen LogP contribution in [0.3, 0.4) is 0 Å². The molecule has 2 N–H and O–H groups in total. The van der Waals surface area contributed by atoms with Gasteiger partial charge in [0.05, 0.1) is 18.8 Å². The Morgan fingerprint density at radius 3 is 2.58 bits per heavy atom. The van der Waals surface area contributed by atoms with Gasteiger partial charge in [0, 0.05) is 37.4 Å². The van der Waals surface area contributed by atoms with Crippen LogP contribution in [0.4, 0.5) is 5.82 Å². The number of carbonyl (C=O) groups is 1. The van der Waals surface area contributed by atoms with Crippen LogP contribution in [0.2, 0.25) is 0 Å². The Balaban J connectivity index is 1.30. The summed E-state index contributed by atoms with van der Waals surface area (Å²) in [6.45, 7) is 3.35. The minimum absolute atomic E-state index is 0.0155. The van der Waals surface area contributed by atoms with Gasteiger partial charge in [-0.05, 0) is 70.4 Å². The van der Waals surface area contributed by atoms with Gasteiger partial charge in [0.25, 0.3) is 0 Å². The lowest BCUT2D eigenvalue weighted by atomic mass is 9.68. The number of aromatic amines is 1. The van der Waals surface area contributed by atoms with E-state index >= 15 is 0 Å². The maximum atomic E-state index is 13.2. The number of aliphatic imine (C=N–C) groups is 1. The highest BCUT2D eigenvalue weighted by Gasteiger charge is 2.52. The molecule has 8 nitrogen and oxygen atoms in total. The first kappa shape index (κ1) is 27.4. The molecule has 3 aliphatic rings. The molecule has 0 atom stereocenters. The Hall–Kier alpha value is -2.20. The summed E-state index contributed by atoms with van der Waals surface area (Å²) >= 11 is 1.56. The molecule has 1 aromatic heterocycles. The van der Waals surface area contributed by atoms with Crippen LogP contribution in [0, 0.1) is 5.92 Å². The second-order valence-corrected chi connectivity index (χ2v) is 12.4. The maximum Gasteiger partial charge on any atom is 0.239 e. The Kier molecular flexibility index (Phi) is 8.28. The fourth-order valence-corrected chi connectivity index (χ4v) is 7.36. The molecule has 38 heavy (non-hydrogen) atoms. The summed E-state index contributed by atoms with van der Waals surface area (Å²) < 4.78 is 0. The van der Waals surface area contributed by atoms with Crippen molar-refractivity contribution in [1.29, 1.82) is 0 Å². The van der Waals surface area contributed by atoms with Crippen molar-refractivity contribution in [1.82, 2.24) is 24.9 Å². The van der Waals surface area contributed by atoms with E-state index in [1.807, 2.05) is 6.26 Å². The van der Waals surface area contributed by atoms with Gasteiger partial charge in [0.1, 0.15) is 5.03 Å². The van der Waals surface area contributed by atoms with E-state index in [0.29, 0.717) is 12.4 Å². The zero-order chi connectivity index (χ0) is 26.8. The average Bonchev–Trinajstić information content (AvgIpc) is 3.42. The number of amides is 1. The number of aromatic nitrogens is 2. The summed E-state index contributed by atoms with van der Waals surface area (Å²) in [5.41, 5.74) is 2.48. The van der Waals surface area contributed by atoms with Crippen LogP contribution in [0.25, 0.3) is 0 Å². The van der Waals surface area contributed by atoms with Crippen LogP contribution in [-0.2, 0) is 10.3 Å². The zero-order valence-electron chi connectivity index (χ0n) is 23.4. The Morgan fingerprint density at radius 1 is 1.24 bits per heavy atom. The van der Waals surface area contributed by atoms with Gasteiger partial charge in [-0.3, -0.25) is 29.6 Å². The number of nitrogens with one attached hydrogen (secondary N) is 2. The van der Waals surface area contributed by atoms with Crippen LogP contribution in [0.5, 0.6) is 0 Å². The summed E-state index contributed by atoms with van der Waals surface area (Å²) in [6.07, 6.45) is 12.4. The van der Waals surface area contributed by atoms with Gasteiger partial charge in [-0.25, -0.2) is 0 Å². The Bertz CT molecular complexity index is 1120. The van der Waals surface area contributed by atoms with Gasteiger partial charge in [0.15, 0.2) is 5.82 Å². The molecule has 0 radical (unpaired) electrons. The van der Waals surface area contributed by atoms with Crippen molar-refractivity contribution in [3.8, 4) is 0 Å². The molecule has 9 heteroatoms. The summed E-state index contributed by atoms with van der Waals surface area (Å²) in [6, 6.07) is 11.0. The second kappa shape index (κ2) is 11.5. The van der Waals surface area contributed by atoms with Crippen LogP contribution in [-0.4, -0.2) is 96.3 Å². The molecule has 2 heterocycles. The van der Waals surface area contributed by atoms with E-state index in [2.05, 4.69) is 79.6 Å². The highest BCUT2D eigenvalue weighted by atomic mass is 32.2. The molecule has 3 fully saturated rings. The monoisotopic (exact) mass is 537 g/mol. The minimum Gasteiger partial charge on any atom is -0.308 e. The minimum atomic E-state index is -0.0155. The first-order valence-corrected chi connectivity index (χ1v) is 15.2. The third-order valence-electron chi connectivity index (χ3n) is 9.29. The SMILES string of the molecule is C/N=C/c1c(NC(=O)CN2CN(CC3CCC3)[C@]3(CC[C@@](c4ccccc4)(N(C)C)CC3)C2)n[nH]c1SC. The lowest BCUT2D eigenvalue weighted by molar-refractivity contribution is -0.117. The molecule has 5 rings (SSSR count). The van der Waals surface area contributed by atoms with Gasteiger partial charge in [-0.15, -0.1) is 11.8 Å². The molecule has 206 valence electrons. The number of rotatable bonds is 9. The topological polar surface area (TPSA) is 79.9 Å². The van der Waals surface area contributed by atoms with Gasteiger partial charge in [0.2, 0.25) is 5.91 Å². The molecule has 1 spiro atoms. The predicted molar refractivity (Wildman–Crippen MR) is 156 cm³/mol. The molecule has 1 aromatic carbocycles. The molecule has 2 aliphatic carbocycles. The van der Waals surface area contributed by atoms with Crippen molar-refractivity contribution in [2.24, 2.45) is 10.9 Å². The van der Waals surface area contributed by atoms with Crippen LogP contribution in [0.15, 0.2) is 40.4 Å². The van der Waals surface area contributed by atoms with Gasteiger partial charge in [-0.1, -0.05) is 36.8 Å². The highest BCUT2D eigenvalue weighted by molar-refractivity contribution is 7.98. The first-order valence-electron chi connectivity index (χ1n) is 13.9. The zero-order valence-corrected chi connectivity index (χ0v) is 24.2. The van der Waals surface area contributed by atoms with E-state index < -0.39 is 0 Å². The van der Waals surface area contributed by atoms with Gasteiger partial charge < -0.3 is 5.32 Å². The Labute approximate surface area is 231 Å². The van der Waals surface area contributed by atoms with Crippen molar-refractivity contribution in [3.05, 3.63) is 41.5 Å². The smallest absolute Gasteiger partial charge is 0.239 e. The van der Waals surface area contributed by atoms with Crippen molar-refractivity contribution < 1.29 is 4.79 Å². The number of thioether (sulfide) groups is 1. The quantitative estimate of drug-likeness (QED) is 0.368. The standard InChI is InChI=1S/C29H43N7OS/c1-30-17-24-26(32-33-27(24)38-4)31-25(37)19-35-20-28(36(21-35)18-22-9-8-10-22)13-15-29(16-14-28,34(2)3)23-11-6-5-7-12-23/h5-7,11-12,17,22H,8-10,13-16,18-21H2,1-4H3,(H2,31,32,33,37)/b30-17+/t28-,29+. The van der Waals surface area contributed by atoms with E-state index in [1.54, 1.807) is 25.0 Å². The number of H-pyrrole nitrogens is 1. The molecular formula is C29H43N7OS. The van der Waals surface area contributed by atoms with E-state index in [4.69, 9.17) is 0 Å². The summed E-state index contributed by atoms with van der Waals surface area (Å²) in [7, 11) is 6.20. The lowest BCUT2D eigenvalue weighted by Gasteiger charge is -2.52. The molecular weight excluding hydrogens is 494 g/mol. The third kappa shape index (κ3) is 5.30. The molecule has 1 saturated heterocycles. The number of hydrogen-bond donors (Lipinski definition) is 2. The van der Waals surface area contributed by atoms with Gasteiger partial charge >= 0.3 is 0 Å². The summed E-state index contributed by atoms with van der Waals surface area (Å²) in [5, 5.41) is 11.3. The molecule has 0 bridgehead atoms. The number of benzene rings is 1. The van der Waals surface area contributed by atoms with Crippen LogP contribution >= 0.6 is 11.8 Å². The predicted octanol–water partition coefficient (Wildman–Crippen LogP) is 4.26. The van der Waals surface area contributed by atoms with Crippen molar-refractivity contribution in [2.75, 3.05) is 59.0 Å². The molecule has 1 aliphatic heterocycles. The lowest BCUT2D eigenvalue weighted by Crippen LogP contribution is -2.56. The highest BCUT2D eigenvalue weighted by Crippen LogP contribution is 2.49. The van der Waals surface area contributed by atoms with E-state index in [9.17, 15) is 4.79 Å². The summed E-state index contributed by atoms with van der Waals surface area (Å²) in [5.74, 6) is 1.35. The molecule has 2 saturated carbocycles. The summed E-state index contributed by atoms with van der Waals surface area (Å²) in [4.78, 5) is 24.9. The Morgan fingerprint density at radius 2 is 1.97 bits per heavy atom. The average molecular weight is 538 g/mol. The van der Waals surface area contributed by atoms with Gasteiger partial charge in [-0.2, -0.15) is 5.10 Å². The number of anilines is 1. The molecule has 2 aromatic rings.